The summed E-state index contributed by atoms with van der Waals surface area (Å²) in [6.45, 7) is 3.97. The van der Waals surface area contributed by atoms with E-state index in [-0.39, 0.29) is 24.4 Å². The summed E-state index contributed by atoms with van der Waals surface area (Å²) in [5.74, 6) is 0.417. The zero-order valence-electron chi connectivity index (χ0n) is 17.4. The van der Waals surface area contributed by atoms with E-state index < -0.39 is 17.6 Å². The van der Waals surface area contributed by atoms with E-state index in [1.807, 2.05) is 12.1 Å². The van der Waals surface area contributed by atoms with Gasteiger partial charge in [0.05, 0.1) is 19.3 Å². The molecule has 5 atom stereocenters. The van der Waals surface area contributed by atoms with Gasteiger partial charge in [0.2, 0.25) is 0 Å². The molecule has 30 heavy (non-hydrogen) atoms. The molecule has 0 N–H and O–H groups in total. The van der Waals surface area contributed by atoms with E-state index in [9.17, 15) is 4.79 Å². The van der Waals surface area contributed by atoms with Gasteiger partial charge >= 0.3 is 5.97 Å². The Bertz CT molecular complexity index is 847. The largest absolute Gasteiger partial charge is 0.485 e. The topological polar surface area (TPSA) is 112 Å². The van der Waals surface area contributed by atoms with E-state index in [1.165, 1.54) is 7.11 Å². The van der Waals surface area contributed by atoms with Gasteiger partial charge in [-0.3, -0.25) is 0 Å². The van der Waals surface area contributed by atoms with Gasteiger partial charge in [-0.2, -0.15) is 0 Å². The first kappa shape index (κ1) is 20.8. The number of carbonyl (C=O) groups is 1. The van der Waals surface area contributed by atoms with Crippen molar-refractivity contribution >= 4 is 5.97 Å². The summed E-state index contributed by atoms with van der Waals surface area (Å²) in [6, 6.07) is 5.14. The molecule has 1 aromatic rings. The van der Waals surface area contributed by atoms with Gasteiger partial charge in [0.15, 0.2) is 23.4 Å². The first-order valence-corrected chi connectivity index (χ1v) is 10.3. The second-order valence-corrected chi connectivity index (χ2v) is 8.36. The molecule has 2 fully saturated rings. The summed E-state index contributed by atoms with van der Waals surface area (Å²) in [7, 11) is 1.32. The van der Waals surface area contributed by atoms with Crippen molar-refractivity contribution in [2.75, 3.05) is 13.7 Å². The molecular weight excluding hydrogens is 390 g/mol. The number of ether oxygens (including phenoxy) is 5. The molecule has 2 aliphatic heterocycles. The SMILES string of the molecule is COC(=O)C(C)(C)Oc1cccc2c1OC1CC(OC3CCCCO3)C(N=[N+]=[N-])C21. The van der Waals surface area contributed by atoms with Gasteiger partial charge < -0.3 is 23.7 Å². The fraction of sp³-hybridized carbons (Fsp3) is 0.667. The van der Waals surface area contributed by atoms with E-state index in [0.717, 1.165) is 24.8 Å². The van der Waals surface area contributed by atoms with Crippen LogP contribution in [0.15, 0.2) is 23.3 Å². The van der Waals surface area contributed by atoms with Crippen LogP contribution in [0.4, 0.5) is 0 Å². The summed E-state index contributed by atoms with van der Waals surface area (Å²) < 4.78 is 28.9. The molecule has 162 valence electrons. The van der Waals surface area contributed by atoms with Gasteiger partial charge in [0.1, 0.15) is 6.10 Å². The fourth-order valence-electron chi connectivity index (χ4n) is 4.54. The van der Waals surface area contributed by atoms with E-state index in [0.29, 0.717) is 24.5 Å². The third-order valence-electron chi connectivity index (χ3n) is 5.94. The number of para-hydroxylation sites is 1. The molecule has 3 aliphatic rings. The standard InChI is InChI=1S/C21H27N3O6/c1-21(2,20(25)26-3)30-13-8-6-7-12-17-14(29-19(12)13)11-15(18(17)23-24-22)28-16-9-4-5-10-27-16/h6-8,14-18H,4-5,9-11H2,1-3H3. The third kappa shape index (κ3) is 3.80. The van der Waals surface area contributed by atoms with Crippen molar-refractivity contribution in [2.45, 2.75) is 75.6 Å². The second kappa shape index (κ2) is 8.34. The highest BCUT2D eigenvalue weighted by Crippen LogP contribution is 2.53. The number of nitrogens with zero attached hydrogens (tertiary/aromatic N) is 3. The first-order valence-electron chi connectivity index (χ1n) is 10.3. The maximum atomic E-state index is 12.0. The number of esters is 1. The molecule has 5 unspecified atom stereocenters. The lowest BCUT2D eigenvalue weighted by molar-refractivity contribution is -0.189. The minimum atomic E-state index is -1.17. The van der Waals surface area contributed by atoms with Gasteiger partial charge in [-0.25, -0.2) is 4.79 Å². The predicted octanol–water partition coefficient (Wildman–Crippen LogP) is 3.86. The van der Waals surface area contributed by atoms with E-state index >= 15 is 0 Å². The molecule has 9 heteroatoms. The van der Waals surface area contributed by atoms with Crippen molar-refractivity contribution in [1.29, 1.82) is 0 Å². The number of carbonyl (C=O) groups excluding carboxylic acids is 1. The summed E-state index contributed by atoms with van der Waals surface area (Å²) in [4.78, 5) is 15.1. The number of rotatable bonds is 6. The molecule has 1 aliphatic carbocycles. The lowest BCUT2D eigenvalue weighted by Crippen LogP contribution is -2.39. The van der Waals surface area contributed by atoms with Gasteiger partial charge in [0.25, 0.3) is 0 Å². The smallest absolute Gasteiger partial charge is 0.349 e. The Morgan fingerprint density at radius 2 is 2.17 bits per heavy atom. The molecule has 1 aromatic carbocycles. The number of hydrogen-bond acceptors (Lipinski definition) is 7. The highest BCUT2D eigenvalue weighted by Gasteiger charge is 2.52. The first-order chi connectivity index (χ1) is 14.4. The average molecular weight is 417 g/mol. The van der Waals surface area contributed by atoms with Crippen LogP contribution < -0.4 is 9.47 Å². The zero-order valence-corrected chi connectivity index (χ0v) is 17.4. The fourth-order valence-corrected chi connectivity index (χ4v) is 4.54. The van der Waals surface area contributed by atoms with Crippen LogP contribution in [0.5, 0.6) is 11.5 Å². The van der Waals surface area contributed by atoms with Crippen molar-refractivity contribution in [2.24, 2.45) is 5.11 Å². The molecule has 1 saturated heterocycles. The number of hydrogen-bond donors (Lipinski definition) is 0. The lowest BCUT2D eigenvalue weighted by Gasteiger charge is -2.28. The van der Waals surface area contributed by atoms with Gasteiger partial charge in [0, 0.05) is 29.4 Å². The molecular formula is C21H27N3O6. The van der Waals surface area contributed by atoms with Gasteiger partial charge in [-0.15, -0.1) is 0 Å². The van der Waals surface area contributed by atoms with Crippen molar-refractivity contribution < 1.29 is 28.5 Å². The zero-order chi connectivity index (χ0) is 21.3. The van der Waals surface area contributed by atoms with Crippen LogP contribution in [-0.2, 0) is 19.0 Å². The average Bonchev–Trinajstić information content (AvgIpc) is 3.25. The molecule has 2 heterocycles. The number of fused-ring (bicyclic) bond motifs is 3. The Morgan fingerprint density at radius 3 is 2.87 bits per heavy atom. The van der Waals surface area contributed by atoms with E-state index in [2.05, 4.69) is 10.0 Å². The normalized spacial score (nSPS) is 29.9. The van der Waals surface area contributed by atoms with E-state index in [1.54, 1.807) is 19.9 Å². The van der Waals surface area contributed by atoms with Crippen LogP contribution in [0.3, 0.4) is 0 Å². The highest BCUT2D eigenvalue weighted by atomic mass is 16.7. The van der Waals surface area contributed by atoms with Crippen LogP contribution in [0.2, 0.25) is 0 Å². The number of methoxy groups -OCH3 is 1. The number of benzene rings is 1. The van der Waals surface area contributed by atoms with Gasteiger partial charge in [-0.1, -0.05) is 17.2 Å². The molecule has 1 saturated carbocycles. The van der Waals surface area contributed by atoms with E-state index in [4.69, 9.17) is 29.2 Å². The Morgan fingerprint density at radius 1 is 1.33 bits per heavy atom. The molecule has 0 aromatic heterocycles. The summed E-state index contributed by atoms with van der Waals surface area (Å²) in [5.41, 5.74) is 8.90. The molecule has 0 radical (unpaired) electrons. The van der Waals surface area contributed by atoms with Crippen LogP contribution in [0.1, 0.15) is 51.0 Å². The summed E-state index contributed by atoms with van der Waals surface area (Å²) >= 11 is 0. The maximum absolute atomic E-state index is 12.0. The summed E-state index contributed by atoms with van der Waals surface area (Å²) in [6.07, 6.45) is 2.78. The van der Waals surface area contributed by atoms with Crippen molar-refractivity contribution in [3.63, 3.8) is 0 Å². The monoisotopic (exact) mass is 417 g/mol. The molecule has 4 rings (SSSR count). The van der Waals surface area contributed by atoms with Crippen LogP contribution in [0, 0.1) is 0 Å². The highest BCUT2D eigenvalue weighted by molar-refractivity contribution is 5.79. The third-order valence-corrected chi connectivity index (χ3v) is 5.94. The van der Waals surface area contributed by atoms with Gasteiger partial charge in [-0.05, 0) is 44.7 Å². The van der Waals surface area contributed by atoms with Crippen LogP contribution in [0.25, 0.3) is 10.4 Å². The minimum absolute atomic E-state index is 0.144. The minimum Gasteiger partial charge on any atom is -0.485 e. The Kier molecular flexibility index (Phi) is 5.77. The Labute approximate surface area is 175 Å². The van der Waals surface area contributed by atoms with Crippen LogP contribution in [-0.4, -0.2) is 49.8 Å². The molecule has 0 spiro atoms. The number of azide groups is 1. The lowest BCUT2D eigenvalue weighted by atomic mass is 9.93. The second-order valence-electron chi connectivity index (χ2n) is 8.36. The molecule has 9 nitrogen and oxygen atoms in total. The van der Waals surface area contributed by atoms with Crippen LogP contribution >= 0.6 is 0 Å². The maximum Gasteiger partial charge on any atom is 0.349 e. The van der Waals surface area contributed by atoms with Crippen molar-refractivity contribution in [3.05, 3.63) is 34.2 Å². The van der Waals surface area contributed by atoms with Crippen molar-refractivity contribution in [3.8, 4) is 11.5 Å². The summed E-state index contributed by atoms with van der Waals surface area (Å²) in [5, 5.41) is 4.06. The molecule has 0 bridgehead atoms. The molecule has 0 amide bonds. The Hall–Kier alpha value is -2.48. The predicted molar refractivity (Wildman–Crippen MR) is 106 cm³/mol. The quantitative estimate of drug-likeness (QED) is 0.301. The van der Waals surface area contributed by atoms with Crippen molar-refractivity contribution in [1.82, 2.24) is 0 Å². The Balaban J connectivity index is 1.58.